The average molecular weight is 600 g/mol. The molecule has 0 aliphatic carbocycles. The van der Waals surface area contributed by atoms with Crippen molar-refractivity contribution in [2.24, 2.45) is 0 Å². The summed E-state index contributed by atoms with van der Waals surface area (Å²) < 4.78 is 0. The summed E-state index contributed by atoms with van der Waals surface area (Å²) in [7, 11) is 0. The first-order chi connectivity index (χ1) is 20.2. The second-order valence-electron chi connectivity index (χ2n) is 9.04. The topological polar surface area (TPSA) is 125 Å². The molecular weight excluding hydrogens is 574 g/mol. The second kappa shape index (κ2) is 14.2. The predicted molar refractivity (Wildman–Crippen MR) is 166 cm³/mol. The normalized spacial score (nSPS) is 11.7. The highest BCUT2D eigenvalue weighted by molar-refractivity contribution is 8.00. The SMILES string of the molecule is CC(Sc1cccc(NC(=O)/C(=C/c2ccc(Cl)cc2)NC(=O)c2ccccc2)c1)C(=O)Nc1ccc(C(=O)O)cc1. The molecule has 1 atom stereocenters. The van der Waals surface area contributed by atoms with E-state index >= 15 is 0 Å². The van der Waals surface area contributed by atoms with E-state index in [2.05, 4.69) is 16.0 Å². The summed E-state index contributed by atoms with van der Waals surface area (Å²) in [6.07, 6.45) is 1.56. The Labute approximate surface area is 251 Å². The minimum absolute atomic E-state index is 0.0332. The van der Waals surface area contributed by atoms with Crippen LogP contribution in [0.25, 0.3) is 6.08 Å². The number of amides is 3. The van der Waals surface area contributed by atoms with E-state index in [1.807, 2.05) is 6.07 Å². The molecule has 1 unspecified atom stereocenters. The lowest BCUT2D eigenvalue weighted by Crippen LogP contribution is -2.30. The summed E-state index contributed by atoms with van der Waals surface area (Å²) in [5.74, 6) is -2.29. The van der Waals surface area contributed by atoms with Gasteiger partial charge in [0.1, 0.15) is 5.70 Å². The van der Waals surface area contributed by atoms with Crippen molar-refractivity contribution in [2.45, 2.75) is 17.1 Å². The van der Waals surface area contributed by atoms with Gasteiger partial charge < -0.3 is 21.1 Å². The maximum Gasteiger partial charge on any atom is 0.335 e. The number of carbonyl (C=O) groups is 4. The molecule has 3 amide bonds. The minimum Gasteiger partial charge on any atom is -0.478 e. The molecule has 4 aromatic carbocycles. The Morgan fingerprint density at radius 3 is 2.14 bits per heavy atom. The molecule has 0 fully saturated rings. The van der Waals surface area contributed by atoms with Crippen molar-refractivity contribution < 1.29 is 24.3 Å². The summed E-state index contributed by atoms with van der Waals surface area (Å²) in [5, 5.41) is 17.4. The lowest BCUT2D eigenvalue weighted by atomic mass is 10.1. The number of carboxylic acids is 1. The lowest BCUT2D eigenvalue weighted by Gasteiger charge is -2.14. The van der Waals surface area contributed by atoms with Crippen LogP contribution in [-0.4, -0.2) is 34.0 Å². The largest absolute Gasteiger partial charge is 0.478 e. The van der Waals surface area contributed by atoms with Gasteiger partial charge in [0.25, 0.3) is 11.8 Å². The van der Waals surface area contributed by atoms with E-state index in [0.29, 0.717) is 27.5 Å². The van der Waals surface area contributed by atoms with Crippen LogP contribution in [0.5, 0.6) is 0 Å². The van der Waals surface area contributed by atoms with Gasteiger partial charge in [-0.3, -0.25) is 14.4 Å². The van der Waals surface area contributed by atoms with Crippen LogP contribution in [0.15, 0.2) is 114 Å². The molecule has 0 aliphatic heterocycles. The van der Waals surface area contributed by atoms with Crippen LogP contribution < -0.4 is 16.0 Å². The Bertz CT molecular complexity index is 1620. The van der Waals surface area contributed by atoms with Crippen LogP contribution >= 0.6 is 23.4 Å². The van der Waals surface area contributed by atoms with Crippen LogP contribution in [-0.2, 0) is 9.59 Å². The quantitative estimate of drug-likeness (QED) is 0.121. The number of nitrogens with one attached hydrogen (secondary N) is 3. The maximum atomic E-state index is 13.3. The molecule has 0 saturated heterocycles. The van der Waals surface area contributed by atoms with Gasteiger partial charge in [-0.25, -0.2) is 4.79 Å². The van der Waals surface area contributed by atoms with Crippen LogP contribution in [0.3, 0.4) is 0 Å². The first-order valence-corrected chi connectivity index (χ1v) is 14.0. The van der Waals surface area contributed by atoms with Crippen molar-refractivity contribution >= 4 is 64.5 Å². The van der Waals surface area contributed by atoms with Crippen molar-refractivity contribution in [3.8, 4) is 0 Å². The minimum atomic E-state index is -1.05. The monoisotopic (exact) mass is 599 g/mol. The maximum absolute atomic E-state index is 13.3. The van der Waals surface area contributed by atoms with Gasteiger partial charge in [0.15, 0.2) is 0 Å². The number of aromatic carboxylic acids is 1. The molecule has 0 radical (unpaired) electrons. The molecule has 42 heavy (non-hydrogen) atoms. The number of rotatable bonds is 10. The van der Waals surface area contributed by atoms with Crippen molar-refractivity contribution in [1.82, 2.24) is 5.32 Å². The molecule has 0 bridgehead atoms. The van der Waals surface area contributed by atoms with Crippen molar-refractivity contribution in [2.75, 3.05) is 10.6 Å². The first kappa shape index (κ1) is 30.1. The summed E-state index contributed by atoms with van der Waals surface area (Å²) in [6.45, 7) is 1.74. The zero-order chi connectivity index (χ0) is 30.1. The van der Waals surface area contributed by atoms with E-state index in [-0.39, 0.29) is 17.2 Å². The van der Waals surface area contributed by atoms with Crippen LogP contribution in [0.4, 0.5) is 11.4 Å². The molecule has 0 saturated carbocycles. The molecule has 212 valence electrons. The van der Waals surface area contributed by atoms with E-state index in [0.717, 1.165) is 4.90 Å². The molecule has 8 nitrogen and oxygen atoms in total. The third-order valence-corrected chi connectivity index (χ3v) is 7.23. The summed E-state index contributed by atoms with van der Waals surface area (Å²) in [4.78, 5) is 50.7. The fraction of sp³-hybridized carbons (Fsp3) is 0.0625. The molecule has 0 aromatic heterocycles. The van der Waals surface area contributed by atoms with E-state index in [9.17, 15) is 19.2 Å². The summed E-state index contributed by atoms with van der Waals surface area (Å²) in [5.41, 5.74) is 2.18. The number of thioether (sulfide) groups is 1. The summed E-state index contributed by atoms with van der Waals surface area (Å²) in [6, 6.07) is 28.3. The van der Waals surface area contributed by atoms with Crippen molar-refractivity contribution in [3.05, 3.63) is 131 Å². The molecule has 0 spiro atoms. The van der Waals surface area contributed by atoms with Gasteiger partial charge in [0.05, 0.1) is 10.8 Å². The highest BCUT2D eigenvalue weighted by Gasteiger charge is 2.18. The zero-order valence-corrected chi connectivity index (χ0v) is 23.9. The Kier molecular flexibility index (Phi) is 10.1. The van der Waals surface area contributed by atoms with E-state index < -0.39 is 23.0 Å². The van der Waals surface area contributed by atoms with Gasteiger partial charge in [-0.05, 0) is 85.3 Å². The highest BCUT2D eigenvalue weighted by Crippen LogP contribution is 2.27. The Morgan fingerprint density at radius 1 is 0.786 bits per heavy atom. The number of hydrogen-bond donors (Lipinski definition) is 4. The average Bonchev–Trinajstić information content (AvgIpc) is 2.98. The number of hydrogen-bond acceptors (Lipinski definition) is 5. The third-order valence-electron chi connectivity index (χ3n) is 5.88. The number of benzene rings is 4. The van der Waals surface area contributed by atoms with Crippen LogP contribution in [0, 0.1) is 0 Å². The predicted octanol–water partition coefficient (Wildman–Crippen LogP) is 6.57. The fourth-order valence-electron chi connectivity index (χ4n) is 3.71. The number of carbonyl (C=O) groups excluding carboxylic acids is 3. The number of carboxylic acid groups (broad SMARTS) is 1. The van der Waals surface area contributed by atoms with E-state index in [1.54, 1.807) is 85.8 Å². The highest BCUT2D eigenvalue weighted by atomic mass is 35.5. The molecule has 0 heterocycles. The molecular formula is C32H26ClN3O5S. The standard InChI is InChI=1S/C32H26ClN3O5S/c1-20(29(37)34-25-16-12-23(13-17-25)32(40)41)42-27-9-5-8-26(19-27)35-31(39)28(18-21-10-14-24(33)15-11-21)36-30(38)22-6-3-2-4-7-22/h2-20H,1H3,(H,34,37)(H,35,39)(H,36,38)(H,40,41)/b28-18-. The first-order valence-electron chi connectivity index (χ1n) is 12.7. The van der Waals surface area contributed by atoms with Gasteiger partial charge in [-0.1, -0.05) is 48.0 Å². The van der Waals surface area contributed by atoms with Crippen LogP contribution in [0.2, 0.25) is 5.02 Å². The van der Waals surface area contributed by atoms with Crippen molar-refractivity contribution in [1.29, 1.82) is 0 Å². The Morgan fingerprint density at radius 2 is 1.48 bits per heavy atom. The van der Waals surface area contributed by atoms with Crippen LogP contribution in [0.1, 0.15) is 33.2 Å². The van der Waals surface area contributed by atoms with E-state index in [1.165, 1.54) is 36.0 Å². The number of halogens is 1. The second-order valence-corrected chi connectivity index (χ2v) is 10.9. The van der Waals surface area contributed by atoms with Gasteiger partial charge in [0, 0.05) is 26.9 Å². The van der Waals surface area contributed by atoms with Gasteiger partial charge in [0.2, 0.25) is 5.91 Å². The zero-order valence-electron chi connectivity index (χ0n) is 22.3. The lowest BCUT2D eigenvalue weighted by molar-refractivity contribution is -0.115. The third kappa shape index (κ3) is 8.57. The van der Waals surface area contributed by atoms with Gasteiger partial charge in [-0.2, -0.15) is 0 Å². The Hall–Kier alpha value is -4.86. The molecule has 4 rings (SSSR count). The molecule has 4 N–H and O–H groups in total. The van der Waals surface area contributed by atoms with Crippen molar-refractivity contribution in [3.63, 3.8) is 0 Å². The Balaban J connectivity index is 1.45. The molecule has 0 aliphatic rings. The molecule has 10 heteroatoms. The summed E-state index contributed by atoms with van der Waals surface area (Å²) >= 11 is 7.28. The molecule has 4 aromatic rings. The smallest absolute Gasteiger partial charge is 0.335 e. The van der Waals surface area contributed by atoms with Gasteiger partial charge >= 0.3 is 5.97 Å². The number of anilines is 2. The van der Waals surface area contributed by atoms with Gasteiger partial charge in [-0.15, -0.1) is 11.8 Å². The van der Waals surface area contributed by atoms with E-state index in [4.69, 9.17) is 16.7 Å². The fourth-order valence-corrected chi connectivity index (χ4v) is 4.76.